The van der Waals surface area contributed by atoms with Crippen LogP contribution in [-0.4, -0.2) is 18.3 Å². The molecule has 0 radical (unpaired) electrons. The minimum Gasteiger partial charge on any atom is -0.398 e. The van der Waals surface area contributed by atoms with E-state index in [2.05, 4.69) is 0 Å². The van der Waals surface area contributed by atoms with Gasteiger partial charge in [-0.15, -0.1) is 0 Å². The molecule has 0 N–H and O–H groups in total. The number of halogens is 5. The van der Waals surface area contributed by atoms with Gasteiger partial charge in [0.1, 0.15) is 5.73 Å². The van der Waals surface area contributed by atoms with Crippen molar-refractivity contribution in [2.24, 2.45) is 0 Å². The van der Waals surface area contributed by atoms with Crippen molar-refractivity contribution in [2.45, 2.75) is 58.2 Å². The van der Waals surface area contributed by atoms with Crippen molar-refractivity contribution < 1.29 is 31.3 Å². The van der Waals surface area contributed by atoms with E-state index in [-0.39, 0.29) is 5.56 Å². The Morgan fingerprint density at radius 3 is 2.04 bits per heavy atom. The molecule has 0 aliphatic carbocycles. The second kappa shape index (κ2) is 6.39. The van der Waals surface area contributed by atoms with Gasteiger partial charge in [0, 0.05) is 18.1 Å². The zero-order valence-corrected chi connectivity index (χ0v) is 14.7. The molecule has 0 spiro atoms. The first-order valence-electron chi connectivity index (χ1n) is 7.77. The van der Waals surface area contributed by atoms with E-state index in [0.29, 0.717) is 13.0 Å². The molecule has 1 saturated heterocycles. The van der Waals surface area contributed by atoms with Crippen LogP contribution in [0, 0.1) is 0 Å². The third-order valence-electron chi connectivity index (χ3n) is 4.52. The summed E-state index contributed by atoms with van der Waals surface area (Å²) in [5.74, 6) is -3.33. The number of alkyl halides is 4. The number of benzene rings is 1. The van der Waals surface area contributed by atoms with Crippen LogP contribution in [0.1, 0.15) is 57.7 Å². The van der Waals surface area contributed by atoms with Crippen molar-refractivity contribution in [1.29, 1.82) is 0 Å². The SMILES string of the molecule is CC(F)(F)c1cc(C=C(F)B2OC(C)(C)C(C)(C)O2)cc(C(F)F)c1. The highest BCUT2D eigenvalue weighted by molar-refractivity contribution is 6.54. The fourth-order valence-corrected chi connectivity index (χ4v) is 2.32. The van der Waals surface area contributed by atoms with Gasteiger partial charge in [-0.2, -0.15) is 0 Å². The lowest BCUT2D eigenvalue weighted by atomic mass is 9.86. The molecular weight excluding hydrogens is 342 g/mol. The second-order valence-electron chi connectivity index (χ2n) is 7.19. The van der Waals surface area contributed by atoms with E-state index in [1.807, 2.05) is 0 Å². The van der Waals surface area contributed by atoms with Crippen LogP contribution >= 0.6 is 0 Å². The fraction of sp³-hybridized carbons (Fsp3) is 0.529. The highest BCUT2D eigenvalue weighted by Gasteiger charge is 2.53. The maximum Gasteiger partial charge on any atom is 0.525 e. The quantitative estimate of drug-likeness (QED) is 0.507. The summed E-state index contributed by atoms with van der Waals surface area (Å²) < 4.78 is 78.4. The predicted octanol–water partition coefficient (Wildman–Crippen LogP) is 5.68. The van der Waals surface area contributed by atoms with E-state index >= 15 is 0 Å². The van der Waals surface area contributed by atoms with Gasteiger partial charge in [0.2, 0.25) is 0 Å². The van der Waals surface area contributed by atoms with Crippen LogP contribution in [0.2, 0.25) is 0 Å². The van der Waals surface area contributed by atoms with Crippen molar-refractivity contribution in [3.63, 3.8) is 0 Å². The maximum atomic E-state index is 14.5. The van der Waals surface area contributed by atoms with Crippen LogP contribution in [0.25, 0.3) is 6.08 Å². The standard InChI is InChI=1S/C17H20BF5O2/c1-15(2)16(3,4)25-18(24-15)13(19)8-10-6-11(14(20)21)9-12(7-10)17(5,22)23/h6-9,14H,1-5H3. The first kappa shape index (κ1) is 19.9. The van der Waals surface area contributed by atoms with Crippen LogP contribution in [-0.2, 0) is 15.2 Å². The summed E-state index contributed by atoms with van der Waals surface area (Å²) in [6.45, 7) is 7.51. The predicted molar refractivity (Wildman–Crippen MR) is 86.1 cm³/mol. The van der Waals surface area contributed by atoms with Gasteiger partial charge in [-0.1, -0.05) is 0 Å². The van der Waals surface area contributed by atoms with Gasteiger partial charge in [-0.25, -0.2) is 22.0 Å². The van der Waals surface area contributed by atoms with Gasteiger partial charge in [0.25, 0.3) is 12.3 Å². The van der Waals surface area contributed by atoms with E-state index in [1.54, 1.807) is 27.7 Å². The number of hydrogen-bond acceptors (Lipinski definition) is 2. The highest BCUT2D eigenvalue weighted by Crippen LogP contribution is 2.39. The third kappa shape index (κ3) is 4.23. The van der Waals surface area contributed by atoms with Crippen molar-refractivity contribution >= 4 is 13.2 Å². The molecule has 0 aromatic heterocycles. The molecule has 25 heavy (non-hydrogen) atoms. The van der Waals surface area contributed by atoms with Crippen molar-refractivity contribution in [3.05, 3.63) is 40.6 Å². The Hall–Kier alpha value is -1.41. The summed E-state index contributed by atoms with van der Waals surface area (Å²) in [5.41, 5.74) is -3.77. The minimum absolute atomic E-state index is 0.110. The second-order valence-corrected chi connectivity index (χ2v) is 7.19. The lowest BCUT2D eigenvalue weighted by molar-refractivity contribution is 0.00578. The van der Waals surface area contributed by atoms with E-state index < -0.39 is 47.5 Å². The molecule has 1 heterocycles. The molecule has 0 unspecified atom stereocenters. The largest absolute Gasteiger partial charge is 0.525 e. The van der Waals surface area contributed by atoms with Crippen molar-refractivity contribution in [1.82, 2.24) is 0 Å². The molecule has 1 fully saturated rings. The monoisotopic (exact) mass is 362 g/mol. The zero-order chi connectivity index (χ0) is 19.2. The molecule has 2 rings (SSSR count). The molecule has 0 bridgehead atoms. The third-order valence-corrected chi connectivity index (χ3v) is 4.52. The van der Waals surface area contributed by atoms with Crippen molar-refractivity contribution in [2.75, 3.05) is 0 Å². The topological polar surface area (TPSA) is 18.5 Å². The van der Waals surface area contributed by atoms with Crippen LogP contribution in [0.5, 0.6) is 0 Å². The number of hydrogen-bond donors (Lipinski definition) is 0. The van der Waals surface area contributed by atoms with Gasteiger partial charge >= 0.3 is 7.12 Å². The smallest absolute Gasteiger partial charge is 0.398 e. The summed E-state index contributed by atoms with van der Waals surface area (Å²) in [5, 5.41) is 0. The van der Waals surface area contributed by atoms with Crippen LogP contribution in [0.3, 0.4) is 0 Å². The summed E-state index contributed by atoms with van der Waals surface area (Å²) in [7, 11) is -1.33. The molecule has 0 atom stereocenters. The Morgan fingerprint density at radius 2 is 1.60 bits per heavy atom. The van der Waals surface area contributed by atoms with Crippen LogP contribution in [0.4, 0.5) is 22.0 Å². The molecule has 1 aliphatic heterocycles. The Morgan fingerprint density at radius 1 is 1.08 bits per heavy atom. The lowest BCUT2D eigenvalue weighted by Crippen LogP contribution is -2.41. The maximum absolute atomic E-state index is 14.5. The Kier molecular flexibility index (Phi) is 5.09. The van der Waals surface area contributed by atoms with Gasteiger partial charge < -0.3 is 9.31 Å². The zero-order valence-electron chi connectivity index (χ0n) is 14.7. The lowest BCUT2D eigenvalue weighted by Gasteiger charge is -2.32. The number of rotatable bonds is 4. The highest BCUT2D eigenvalue weighted by atomic mass is 19.3. The van der Waals surface area contributed by atoms with E-state index in [4.69, 9.17) is 9.31 Å². The normalized spacial score (nSPS) is 20.4. The summed E-state index contributed by atoms with van der Waals surface area (Å²) >= 11 is 0. The van der Waals surface area contributed by atoms with Gasteiger partial charge in [0.05, 0.1) is 11.2 Å². The average molecular weight is 362 g/mol. The van der Waals surface area contributed by atoms with Crippen LogP contribution in [0.15, 0.2) is 23.9 Å². The van der Waals surface area contributed by atoms with Gasteiger partial charge in [-0.05, 0) is 57.5 Å². The minimum atomic E-state index is -3.33. The Balaban J connectivity index is 2.38. The average Bonchev–Trinajstić information content (AvgIpc) is 2.66. The first-order chi connectivity index (χ1) is 11.2. The molecule has 0 saturated carbocycles. The van der Waals surface area contributed by atoms with E-state index in [0.717, 1.165) is 18.2 Å². The molecule has 0 amide bonds. The Labute approximate surface area is 144 Å². The Bertz CT molecular complexity index is 664. The summed E-state index contributed by atoms with van der Waals surface area (Å²) in [6, 6.07) is 2.65. The molecule has 2 nitrogen and oxygen atoms in total. The summed E-state index contributed by atoms with van der Waals surface area (Å²) in [4.78, 5) is 0. The van der Waals surface area contributed by atoms with E-state index in [9.17, 15) is 22.0 Å². The van der Waals surface area contributed by atoms with Gasteiger partial charge in [0.15, 0.2) is 0 Å². The van der Waals surface area contributed by atoms with E-state index in [1.165, 1.54) is 0 Å². The molecular formula is C17H20BF5O2. The van der Waals surface area contributed by atoms with Crippen molar-refractivity contribution in [3.8, 4) is 0 Å². The fourth-order valence-electron chi connectivity index (χ4n) is 2.32. The van der Waals surface area contributed by atoms with Gasteiger partial charge in [-0.3, -0.25) is 0 Å². The first-order valence-corrected chi connectivity index (χ1v) is 7.77. The molecule has 1 aliphatic rings. The molecule has 138 valence electrons. The molecule has 1 aromatic rings. The molecule has 8 heteroatoms. The molecule has 1 aromatic carbocycles. The van der Waals surface area contributed by atoms with Crippen LogP contribution < -0.4 is 0 Å². The summed E-state index contributed by atoms with van der Waals surface area (Å²) in [6.07, 6.45) is -2.07.